The Balaban J connectivity index is 1.33. The van der Waals surface area contributed by atoms with E-state index in [0.29, 0.717) is 29.5 Å². The van der Waals surface area contributed by atoms with Gasteiger partial charge in [-0.15, -0.1) is 0 Å². The van der Waals surface area contributed by atoms with Crippen molar-refractivity contribution in [1.82, 2.24) is 9.88 Å². The molecule has 2 fully saturated rings. The van der Waals surface area contributed by atoms with E-state index in [4.69, 9.17) is 11.6 Å². The fourth-order valence-corrected chi connectivity index (χ4v) is 3.77. The summed E-state index contributed by atoms with van der Waals surface area (Å²) in [5, 5.41) is 6.42. The molecule has 1 aliphatic heterocycles. The van der Waals surface area contributed by atoms with Gasteiger partial charge in [-0.3, -0.25) is 9.78 Å². The number of aromatic nitrogens is 1. The molecule has 6 nitrogen and oxygen atoms in total. The summed E-state index contributed by atoms with van der Waals surface area (Å²) in [6, 6.07) is 10.5. The zero-order valence-corrected chi connectivity index (χ0v) is 14.9. The number of hydrogen-bond donors (Lipinski definition) is 2. The van der Waals surface area contributed by atoms with Gasteiger partial charge in [-0.25, -0.2) is 4.79 Å². The van der Waals surface area contributed by atoms with Crippen LogP contribution in [0.5, 0.6) is 0 Å². The molecular weight excluding hydrogens is 352 g/mol. The minimum Gasteiger partial charge on any atom is -0.324 e. The molecule has 2 heterocycles. The summed E-state index contributed by atoms with van der Waals surface area (Å²) in [7, 11) is 0. The van der Waals surface area contributed by atoms with Crippen molar-refractivity contribution in [3.63, 3.8) is 0 Å². The average molecular weight is 371 g/mol. The van der Waals surface area contributed by atoms with E-state index in [0.717, 1.165) is 12.8 Å². The lowest BCUT2D eigenvalue weighted by atomic mass is 10.0. The number of urea groups is 1. The van der Waals surface area contributed by atoms with Crippen LogP contribution >= 0.6 is 11.6 Å². The number of carbonyl (C=O) groups excluding carboxylic acids is 2. The molecule has 1 aliphatic carbocycles. The van der Waals surface area contributed by atoms with Crippen molar-refractivity contribution in [2.24, 2.45) is 11.3 Å². The number of benzene rings is 1. The second kappa shape index (κ2) is 6.61. The molecular formula is C19H19ClN4O2. The maximum Gasteiger partial charge on any atom is 0.321 e. The summed E-state index contributed by atoms with van der Waals surface area (Å²) in [4.78, 5) is 30.7. The Labute approximate surface area is 156 Å². The van der Waals surface area contributed by atoms with E-state index in [-0.39, 0.29) is 23.3 Å². The van der Waals surface area contributed by atoms with Gasteiger partial charge in [-0.2, -0.15) is 0 Å². The van der Waals surface area contributed by atoms with Crippen LogP contribution < -0.4 is 10.6 Å². The molecule has 0 radical (unpaired) electrons. The normalized spacial score (nSPS) is 23.7. The number of hydrogen-bond acceptors (Lipinski definition) is 3. The first-order valence-electron chi connectivity index (χ1n) is 8.58. The Bertz CT molecular complexity index is 827. The SMILES string of the molecule is O=C(Nc1cccnc1)[C@H]1C[C@]12CCN(C(=O)Nc1ccc(Cl)cc1)C2. The van der Waals surface area contributed by atoms with Crippen molar-refractivity contribution in [3.05, 3.63) is 53.8 Å². The van der Waals surface area contributed by atoms with E-state index in [2.05, 4.69) is 15.6 Å². The lowest BCUT2D eigenvalue weighted by Gasteiger charge is -2.17. The maximum atomic E-state index is 12.5. The molecule has 1 saturated heterocycles. The second-order valence-electron chi connectivity index (χ2n) is 6.96. The lowest BCUT2D eigenvalue weighted by molar-refractivity contribution is -0.118. The van der Waals surface area contributed by atoms with Gasteiger partial charge in [0.15, 0.2) is 0 Å². The molecule has 134 valence electrons. The number of nitrogens with one attached hydrogen (secondary N) is 2. The van der Waals surface area contributed by atoms with Crippen LogP contribution in [0.25, 0.3) is 0 Å². The molecule has 2 N–H and O–H groups in total. The summed E-state index contributed by atoms with van der Waals surface area (Å²) in [5.41, 5.74) is 1.33. The van der Waals surface area contributed by atoms with Crippen LogP contribution in [0.1, 0.15) is 12.8 Å². The van der Waals surface area contributed by atoms with Gasteiger partial charge in [0.2, 0.25) is 5.91 Å². The number of likely N-dealkylation sites (tertiary alicyclic amines) is 1. The topological polar surface area (TPSA) is 74.3 Å². The molecule has 1 aromatic carbocycles. The lowest BCUT2D eigenvalue weighted by Crippen LogP contribution is -2.33. The third-order valence-electron chi connectivity index (χ3n) is 5.20. The summed E-state index contributed by atoms with van der Waals surface area (Å²) in [6.45, 7) is 1.27. The zero-order chi connectivity index (χ0) is 18.1. The van der Waals surface area contributed by atoms with Crippen molar-refractivity contribution < 1.29 is 9.59 Å². The van der Waals surface area contributed by atoms with Crippen molar-refractivity contribution in [1.29, 1.82) is 0 Å². The molecule has 4 rings (SSSR count). The minimum atomic E-state index is -0.137. The molecule has 7 heteroatoms. The zero-order valence-electron chi connectivity index (χ0n) is 14.1. The van der Waals surface area contributed by atoms with Gasteiger partial charge < -0.3 is 15.5 Å². The van der Waals surface area contributed by atoms with E-state index in [9.17, 15) is 9.59 Å². The molecule has 26 heavy (non-hydrogen) atoms. The first kappa shape index (κ1) is 16.8. The van der Waals surface area contributed by atoms with E-state index >= 15 is 0 Å². The van der Waals surface area contributed by atoms with Gasteiger partial charge in [0, 0.05) is 41.3 Å². The minimum absolute atomic E-state index is 0.0120. The molecule has 2 atom stereocenters. The van der Waals surface area contributed by atoms with Crippen LogP contribution in [0.4, 0.5) is 16.2 Å². The van der Waals surface area contributed by atoms with Crippen LogP contribution in [-0.2, 0) is 4.79 Å². The maximum absolute atomic E-state index is 12.5. The molecule has 0 bridgehead atoms. The Morgan fingerprint density at radius 1 is 1.15 bits per heavy atom. The second-order valence-corrected chi connectivity index (χ2v) is 7.40. The molecule has 1 spiro atoms. The standard InChI is InChI=1S/C19H19ClN4O2/c20-13-3-5-14(6-4-13)23-18(26)24-9-7-19(12-24)10-16(19)17(25)22-15-2-1-8-21-11-15/h1-6,8,11,16H,7,9-10,12H2,(H,22,25)(H,23,26)/t16-,19+/m1/s1. The number of carbonyl (C=O) groups is 2. The van der Waals surface area contributed by atoms with E-state index < -0.39 is 0 Å². The molecule has 1 aromatic heterocycles. The highest BCUT2D eigenvalue weighted by molar-refractivity contribution is 6.30. The quantitative estimate of drug-likeness (QED) is 0.866. The highest BCUT2D eigenvalue weighted by Gasteiger charge is 2.61. The molecule has 2 aromatic rings. The Morgan fingerprint density at radius 2 is 1.96 bits per heavy atom. The van der Waals surface area contributed by atoms with Crippen molar-refractivity contribution in [3.8, 4) is 0 Å². The Hall–Kier alpha value is -2.60. The van der Waals surface area contributed by atoms with Gasteiger partial charge in [0.1, 0.15) is 0 Å². The largest absolute Gasteiger partial charge is 0.324 e. The first-order valence-corrected chi connectivity index (χ1v) is 8.96. The number of rotatable bonds is 3. The summed E-state index contributed by atoms with van der Waals surface area (Å²) in [6.07, 6.45) is 4.98. The molecule has 2 aliphatic rings. The number of halogens is 1. The van der Waals surface area contributed by atoms with Gasteiger partial charge in [-0.05, 0) is 49.2 Å². The van der Waals surface area contributed by atoms with Crippen molar-refractivity contribution in [2.75, 3.05) is 23.7 Å². The molecule has 3 amide bonds. The van der Waals surface area contributed by atoms with Gasteiger partial charge in [-0.1, -0.05) is 11.6 Å². The predicted octanol–water partition coefficient (Wildman–Crippen LogP) is 3.62. The van der Waals surface area contributed by atoms with Crippen LogP contribution in [0, 0.1) is 11.3 Å². The molecule has 0 unspecified atom stereocenters. The number of anilines is 2. The van der Waals surface area contributed by atoms with E-state index in [1.54, 1.807) is 47.6 Å². The fraction of sp³-hybridized carbons (Fsp3) is 0.316. The molecule has 1 saturated carbocycles. The van der Waals surface area contributed by atoms with Gasteiger partial charge in [0.25, 0.3) is 0 Å². The van der Waals surface area contributed by atoms with E-state index in [1.165, 1.54) is 0 Å². The highest BCUT2D eigenvalue weighted by atomic mass is 35.5. The number of pyridine rings is 1. The van der Waals surface area contributed by atoms with Crippen LogP contribution in [0.3, 0.4) is 0 Å². The monoisotopic (exact) mass is 370 g/mol. The summed E-state index contributed by atoms with van der Waals surface area (Å²) in [5.74, 6) is -0.0333. The van der Waals surface area contributed by atoms with Crippen molar-refractivity contribution >= 4 is 34.9 Å². The first-order chi connectivity index (χ1) is 12.6. The average Bonchev–Trinajstić information content (AvgIpc) is 3.18. The Kier molecular flexibility index (Phi) is 4.28. The number of nitrogens with zero attached hydrogens (tertiary/aromatic N) is 2. The third kappa shape index (κ3) is 3.37. The third-order valence-corrected chi connectivity index (χ3v) is 5.46. The fourth-order valence-electron chi connectivity index (χ4n) is 3.64. The highest BCUT2D eigenvalue weighted by Crippen LogP contribution is 2.58. The summed E-state index contributed by atoms with van der Waals surface area (Å²) < 4.78 is 0. The van der Waals surface area contributed by atoms with Gasteiger partial charge in [0.05, 0.1) is 11.9 Å². The van der Waals surface area contributed by atoms with Crippen molar-refractivity contribution in [2.45, 2.75) is 12.8 Å². The van der Waals surface area contributed by atoms with E-state index in [1.807, 2.05) is 6.07 Å². The number of amides is 3. The van der Waals surface area contributed by atoms with Gasteiger partial charge >= 0.3 is 6.03 Å². The predicted molar refractivity (Wildman–Crippen MR) is 100 cm³/mol. The van der Waals surface area contributed by atoms with Crippen LogP contribution in [0.2, 0.25) is 5.02 Å². The summed E-state index contributed by atoms with van der Waals surface area (Å²) >= 11 is 5.86. The van der Waals surface area contributed by atoms with Crippen LogP contribution in [-0.4, -0.2) is 34.9 Å². The Morgan fingerprint density at radius 3 is 2.69 bits per heavy atom. The van der Waals surface area contributed by atoms with Crippen LogP contribution in [0.15, 0.2) is 48.8 Å². The smallest absolute Gasteiger partial charge is 0.321 e.